The monoisotopic (exact) mass is 278 g/mol. The minimum absolute atomic E-state index is 0.153. The SMILES string of the molecule is Cc1ccn(CC(=O)N2C[C@@H]3COC[C@H](C2)N(C)C3)n1. The first-order valence-electron chi connectivity index (χ1n) is 7.17. The molecule has 0 N–H and O–H groups in total. The van der Waals surface area contributed by atoms with Gasteiger partial charge in [-0.2, -0.15) is 5.10 Å². The number of amides is 1. The van der Waals surface area contributed by atoms with Crippen LogP contribution in [0.4, 0.5) is 0 Å². The highest BCUT2D eigenvalue weighted by molar-refractivity contribution is 5.76. The molecule has 110 valence electrons. The molecule has 2 bridgehead atoms. The molecule has 0 aromatic carbocycles. The number of nitrogens with zero attached hydrogens (tertiary/aromatic N) is 4. The second kappa shape index (κ2) is 5.54. The number of rotatable bonds is 2. The van der Waals surface area contributed by atoms with E-state index in [0.717, 1.165) is 38.5 Å². The summed E-state index contributed by atoms with van der Waals surface area (Å²) in [6.07, 6.45) is 1.86. The van der Waals surface area contributed by atoms with Gasteiger partial charge in [0.05, 0.1) is 24.9 Å². The van der Waals surface area contributed by atoms with Gasteiger partial charge < -0.3 is 9.64 Å². The zero-order chi connectivity index (χ0) is 14.1. The fourth-order valence-corrected chi connectivity index (χ4v) is 3.04. The number of ether oxygens (including phenoxy) is 1. The van der Waals surface area contributed by atoms with Crippen LogP contribution in [-0.2, 0) is 16.1 Å². The first kappa shape index (κ1) is 13.6. The van der Waals surface area contributed by atoms with Crippen molar-refractivity contribution in [2.75, 3.05) is 39.9 Å². The summed E-state index contributed by atoms with van der Waals surface area (Å²) >= 11 is 0. The van der Waals surface area contributed by atoms with Gasteiger partial charge in [0.1, 0.15) is 6.54 Å². The molecular weight excluding hydrogens is 256 g/mol. The molecule has 2 saturated heterocycles. The van der Waals surface area contributed by atoms with E-state index in [9.17, 15) is 4.79 Å². The van der Waals surface area contributed by atoms with E-state index < -0.39 is 0 Å². The quantitative estimate of drug-likeness (QED) is 0.763. The van der Waals surface area contributed by atoms with Crippen LogP contribution < -0.4 is 0 Å². The number of carbonyl (C=O) groups excluding carboxylic acids is 1. The normalized spacial score (nSPS) is 27.4. The molecular formula is C14H22N4O2. The van der Waals surface area contributed by atoms with Crippen LogP contribution >= 0.6 is 0 Å². The fourth-order valence-electron chi connectivity index (χ4n) is 3.04. The zero-order valence-electron chi connectivity index (χ0n) is 12.2. The van der Waals surface area contributed by atoms with E-state index in [2.05, 4.69) is 17.0 Å². The molecule has 6 heteroatoms. The lowest BCUT2D eigenvalue weighted by Crippen LogP contribution is -2.45. The maximum Gasteiger partial charge on any atom is 0.244 e. The summed E-state index contributed by atoms with van der Waals surface area (Å²) in [5.74, 6) is 0.566. The molecule has 20 heavy (non-hydrogen) atoms. The minimum atomic E-state index is 0.153. The Morgan fingerprint density at radius 1 is 1.40 bits per heavy atom. The number of hydrogen-bond donors (Lipinski definition) is 0. The molecule has 0 saturated carbocycles. The highest BCUT2D eigenvalue weighted by Crippen LogP contribution is 2.18. The van der Waals surface area contributed by atoms with Gasteiger partial charge in [0, 0.05) is 31.7 Å². The molecule has 3 rings (SSSR count). The molecule has 2 atom stereocenters. The van der Waals surface area contributed by atoms with Gasteiger partial charge in [0.2, 0.25) is 5.91 Å². The molecule has 0 spiro atoms. The first-order chi connectivity index (χ1) is 9.61. The van der Waals surface area contributed by atoms with Gasteiger partial charge in [-0.3, -0.25) is 14.4 Å². The lowest BCUT2D eigenvalue weighted by atomic mass is 10.1. The molecule has 0 aliphatic carbocycles. The van der Waals surface area contributed by atoms with Crippen LogP contribution in [0.1, 0.15) is 5.69 Å². The zero-order valence-corrected chi connectivity index (χ0v) is 12.2. The van der Waals surface area contributed by atoms with Crippen LogP contribution in [0.2, 0.25) is 0 Å². The third-order valence-electron chi connectivity index (χ3n) is 4.17. The van der Waals surface area contributed by atoms with Crippen molar-refractivity contribution in [2.45, 2.75) is 19.5 Å². The molecule has 3 heterocycles. The average Bonchev–Trinajstić information content (AvgIpc) is 2.61. The summed E-state index contributed by atoms with van der Waals surface area (Å²) in [6.45, 7) is 6.30. The van der Waals surface area contributed by atoms with Crippen molar-refractivity contribution in [3.8, 4) is 0 Å². The highest BCUT2D eigenvalue weighted by atomic mass is 16.5. The Labute approximate surface area is 119 Å². The lowest BCUT2D eigenvalue weighted by Gasteiger charge is -2.29. The third-order valence-corrected chi connectivity index (χ3v) is 4.17. The standard InChI is InChI=1S/C14H22N4O2/c1-11-3-4-18(15-11)8-14(19)17-6-12-5-16(2)13(7-17)10-20-9-12/h3-4,12-13H,5-10H2,1-2H3/t12-,13+/m1/s1. The predicted octanol–water partition coefficient (Wildman–Crippen LogP) is -0.0195. The fraction of sp³-hybridized carbons (Fsp3) is 0.714. The summed E-state index contributed by atoms with van der Waals surface area (Å²) in [7, 11) is 2.12. The third kappa shape index (κ3) is 2.86. The summed E-state index contributed by atoms with van der Waals surface area (Å²) in [6, 6.07) is 2.23. The summed E-state index contributed by atoms with van der Waals surface area (Å²) in [5, 5.41) is 4.29. The summed E-state index contributed by atoms with van der Waals surface area (Å²) in [4.78, 5) is 16.8. The van der Waals surface area contributed by atoms with Crippen molar-refractivity contribution in [1.82, 2.24) is 19.6 Å². The Morgan fingerprint density at radius 3 is 3.00 bits per heavy atom. The van der Waals surface area contributed by atoms with Crippen molar-refractivity contribution in [3.05, 3.63) is 18.0 Å². The Balaban J connectivity index is 1.68. The van der Waals surface area contributed by atoms with Crippen molar-refractivity contribution < 1.29 is 9.53 Å². The van der Waals surface area contributed by atoms with Gasteiger partial charge in [-0.15, -0.1) is 0 Å². The van der Waals surface area contributed by atoms with Gasteiger partial charge in [-0.1, -0.05) is 0 Å². The maximum absolute atomic E-state index is 12.5. The Morgan fingerprint density at radius 2 is 2.25 bits per heavy atom. The number of aryl methyl sites for hydroxylation is 1. The van der Waals surface area contributed by atoms with Crippen LogP contribution in [-0.4, -0.2) is 71.4 Å². The maximum atomic E-state index is 12.5. The molecule has 6 nitrogen and oxygen atoms in total. The largest absolute Gasteiger partial charge is 0.379 e. The second-order valence-corrected chi connectivity index (χ2v) is 5.95. The van der Waals surface area contributed by atoms with E-state index in [1.165, 1.54) is 0 Å². The van der Waals surface area contributed by atoms with Crippen LogP contribution in [0.25, 0.3) is 0 Å². The van der Waals surface area contributed by atoms with E-state index in [1.807, 2.05) is 24.1 Å². The minimum Gasteiger partial charge on any atom is -0.379 e. The molecule has 0 unspecified atom stereocenters. The predicted molar refractivity (Wildman–Crippen MR) is 74.3 cm³/mol. The van der Waals surface area contributed by atoms with E-state index in [-0.39, 0.29) is 5.91 Å². The van der Waals surface area contributed by atoms with Crippen LogP contribution in [0.3, 0.4) is 0 Å². The smallest absolute Gasteiger partial charge is 0.244 e. The first-order valence-corrected chi connectivity index (χ1v) is 7.17. The Kier molecular flexibility index (Phi) is 3.76. The Hall–Kier alpha value is -1.40. The van der Waals surface area contributed by atoms with Gasteiger partial charge in [-0.25, -0.2) is 0 Å². The highest BCUT2D eigenvalue weighted by Gasteiger charge is 2.33. The van der Waals surface area contributed by atoms with Gasteiger partial charge >= 0.3 is 0 Å². The number of likely N-dealkylation sites (N-methyl/N-ethyl adjacent to an activating group) is 1. The topological polar surface area (TPSA) is 50.6 Å². The molecule has 0 radical (unpaired) electrons. The number of aromatic nitrogens is 2. The van der Waals surface area contributed by atoms with Crippen LogP contribution in [0.5, 0.6) is 0 Å². The molecule has 2 aliphatic rings. The number of hydrogen-bond acceptors (Lipinski definition) is 4. The van der Waals surface area contributed by atoms with Crippen LogP contribution in [0.15, 0.2) is 12.3 Å². The Bertz CT molecular complexity index is 487. The second-order valence-electron chi connectivity index (χ2n) is 5.95. The molecule has 2 aliphatic heterocycles. The van der Waals surface area contributed by atoms with E-state index in [0.29, 0.717) is 18.5 Å². The van der Waals surface area contributed by atoms with Gasteiger partial charge in [-0.05, 0) is 20.0 Å². The van der Waals surface area contributed by atoms with Crippen LogP contribution in [0, 0.1) is 12.8 Å². The van der Waals surface area contributed by atoms with E-state index in [4.69, 9.17) is 4.74 Å². The van der Waals surface area contributed by atoms with Crippen molar-refractivity contribution in [3.63, 3.8) is 0 Å². The van der Waals surface area contributed by atoms with Crippen molar-refractivity contribution in [1.29, 1.82) is 0 Å². The molecule has 2 fully saturated rings. The van der Waals surface area contributed by atoms with Crippen molar-refractivity contribution in [2.24, 2.45) is 5.92 Å². The van der Waals surface area contributed by atoms with Gasteiger partial charge in [0.15, 0.2) is 0 Å². The summed E-state index contributed by atoms with van der Waals surface area (Å²) < 4.78 is 7.41. The average molecular weight is 278 g/mol. The molecule has 1 amide bonds. The van der Waals surface area contributed by atoms with E-state index in [1.54, 1.807) is 4.68 Å². The number of carbonyl (C=O) groups is 1. The van der Waals surface area contributed by atoms with E-state index >= 15 is 0 Å². The number of fused-ring (bicyclic) bond motifs is 3. The van der Waals surface area contributed by atoms with Gasteiger partial charge in [0.25, 0.3) is 0 Å². The summed E-state index contributed by atoms with van der Waals surface area (Å²) in [5.41, 5.74) is 0.943. The lowest BCUT2D eigenvalue weighted by molar-refractivity contribution is -0.133. The molecule has 1 aromatic rings. The van der Waals surface area contributed by atoms with Crippen molar-refractivity contribution >= 4 is 5.91 Å². The molecule has 1 aromatic heterocycles.